The predicted octanol–water partition coefficient (Wildman–Crippen LogP) is 3.41. The fourth-order valence-corrected chi connectivity index (χ4v) is 2.74. The van der Waals surface area contributed by atoms with Crippen molar-refractivity contribution in [3.8, 4) is 0 Å². The molecule has 102 valence electrons. The Hall–Kier alpha value is -1.06. The van der Waals surface area contributed by atoms with Gasteiger partial charge in [-0.25, -0.2) is 9.37 Å². The van der Waals surface area contributed by atoms with Crippen LogP contribution in [0.15, 0.2) is 12.1 Å². The average molecular weight is 385 g/mol. The standard InChI is InChI=1S/C11H8F4IN3/c12-5-3-8-7(4-6(5)16)18-9(17)19(8)10(1-2-10)11(13,14)15/h3-4H,1-2H2,(H2,17,18). The summed E-state index contributed by atoms with van der Waals surface area (Å²) in [5, 5.41) is 0. The van der Waals surface area contributed by atoms with Crippen LogP contribution in [0, 0.1) is 9.39 Å². The number of nitrogens with two attached hydrogens (primary N) is 1. The summed E-state index contributed by atoms with van der Waals surface area (Å²) in [5.74, 6) is -0.807. The molecule has 19 heavy (non-hydrogen) atoms. The van der Waals surface area contributed by atoms with E-state index in [1.807, 2.05) is 0 Å². The summed E-state index contributed by atoms with van der Waals surface area (Å²) in [6.07, 6.45) is -4.53. The number of rotatable bonds is 1. The zero-order chi connectivity index (χ0) is 14.0. The van der Waals surface area contributed by atoms with Crippen LogP contribution >= 0.6 is 22.6 Å². The van der Waals surface area contributed by atoms with Gasteiger partial charge in [0.25, 0.3) is 0 Å². The lowest BCUT2D eigenvalue weighted by molar-refractivity contribution is -0.178. The minimum atomic E-state index is -4.42. The highest BCUT2D eigenvalue weighted by atomic mass is 127. The Balaban J connectivity index is 2.31. The number of hydrogen-bond acceptors (Lipinski definition) is 2. The number of alkyl halides is 3. The van der Waals surface area contributed by atoms with Gasteiger partial charge in [0.15, 0.2) is 0 Å². The number of hydrogen-bond donors (Lipinski definition) is 1. The third-order valence-electron chi connectivity index (χ3n) is 3.40. The number of imidazole rings is 1. The first-order valence-electron chi connectivity index (χ1n) is 5.46. The summed E-state index contributed by atoms with van der Waals surface area (Å²) in [7, 11) is 0. The van der Waals surface area contributed by atoms with Crippen molar-refractivity contribution in [2.45, 2.75) is 24.6 Å². The topological polar surface area (TPSA) is 43.8 Å². The number of benzene rings is 1. The van der Waals surface area contributed by atoms with E-state index in [2.05, 4.69) is 4.98 Å². The molecule has 1 heterocycles. The van der Waals surface area contributed by atoms with Crippen LogP contribution in [0.2, 0.25) is 0 Å². The van der Waals surface area contributed by atoms with Gasteiger partial charge in [-0.3, -0.25) is 4.57 Å². The summed E-state index contributed by atoms with van der Waals surface area (Å²) in [5.41, 5.74) is 3.95. The maximum absolute atomic E-state index is 13.6. The van der Waals surface area contributed by atoms with Crippen molar-refractivity contribution >= 4 is 39.6 Å². The highest BCUT2D eigenvalue weighted by molar-refractivity contribution is 14.1. The Morgan fingerprint density at radius 3 is 2.47 bits per heavy atom. The molecule has 0 aliphatic heterocycles. The van der Waals surface area contributed by atoms with Crippen LogP contribution in [0.4, 0.5) is 23.5 Å². The predicted molar refractivity (Wildman–Crippen MR) is 70.1 cm³/mol. The first-order chi connectivity index (χ1) is 8.76. The SMILES string of the molecule is Nc1nc2cc(I)c(F)cc2n1C1(C(F)(F)F)CC1. The quantitative estimate of drug-likeness (QED) is 0.604. The molecule has 0 bridgehead atoms. The summed E-state index contributed by atoms with van der Waals surface area (Å²) in [6.45, 7) is 0. The van der Waals surface area contributed by atoms with Crippen molar-refractivity contribution in [1.82, 2.24) is 9.55 Å². The van der Waals surface area contributed by atoms with Crippen molar-refractivity contribution < 1.29 is 17.6 Å². The fraction of sp³-hybridized carbons (Fsp3) is 0.364. The van der Waals surface area contributed by atoms with Crippen molar-refractivity contribution in [2.75, 3.05) is 5.73 Å². The van der Waals surface area contributed by atoms with E-state index in [0.29, 0.717) is 3.57 Å². The number of fused-ring (bicyclic) bond motifs is 1. The molecule has 0 atom stereocenters. The summed E-state index contributed by atoms with van der Waals surface area (Å²) in [4.78, 5) is 3.90. The van der Waals surface area contributed by atoms with Gasteiger partial charge in [-0.15, -0.1) is 0 Å². The second kappa shape index (κ2) is 3.74. The van der Waals surface area contributed by atoms with Gasteiger partial charge in [0, 0.05) is 6.07 Å². The Labute approximate surface area is 118 Å². The Morgan fingerprint density at radius 2 is 1.95 bits per heavy atom. The van der Waals surface area contributed by atoms with Gasteiger partial charge >= 0.3 is 6.18 Å². The number of nitrogens with zero attached hydrogens (tertiary/aromatic N) is 2. The van der Waals surface area contributed by atoms with Crippen LogP contribution in [0.3, 0.4) is 0 Å². The molecule has 8 heteroatoms. The van der Waals surface area contributed by atoms with Gasteiger partial charge in [0.2, 0.25) is 5.95 Å². The lowest BCUT2D eigenvalue weighted by atomic mass is 10.2. The molecule has 0 saturated heterocycles. The van der Waals surface area contributed by atoms with Gasteiger partial charge in [-0.05, 0) is 41.5 Å². The molecule has 3 nitrogen and oxygen atoms in total. The molecule has 0 unspecified atom stereocenters. The second-order valence-corrected chi connectivity index (χ2v) is 5.75. The molecule has 1 saturated carbocycles. The van der Waals surface area contributed by atoms with Gasteiger partial charge in [-0.2, -0.15) is 13.2 Å². The number of anilines is 1. The van der Waals surface area contributed by atoms with E-state index in [9.17, 15) is 17.6 Å². The summed E-state index contributed by atoms with van der Waals surface area (Å²) < 4.78 is 54.2. The lowest BCUT2D eigenvalue weighted by Gasteiger charge is -2.22. The lowest BCUT2D eigenvalue weighted by Crippen LogP contribution is -2.35. The van der Waals surface area contributed by atoms with E-state index in [1.54, 1.807) is 22.6 Å². The van der Waals surface area contributed by atoms with Crippen LogP contribution in [0.25, 0.3) is 11.0 Å². The van der Waals surface area contributed by atoms with E-state index in [4.69, 9.17) is 5.73 Å². The van der Waals surface area contributed by atoms with Crippen LogP contribution in [-0.2, 0) is 5.54 Å². The summed E-state index contributed by atoms with van der Waals surface area (Å²) >= 11 is 1.76. The molecule has 1 aromatic carbocycles. The van der Waals surface area contributed by atoms with E-state index in [1.165, 1.54) is 6.07 Å². The maximum Gasteiger partial charge on any atom is 0.412 e. The molecule has 0 radical (unpaired) electrons. The molecular weight excluding hydrogens is 377 g/mol. The van der Waals surface area contributed by atoms with Crippen LogP contribution in [0.1, 0.15) is 12.8 Å². The first-order valence-corrected chi connectivity index (χ1v) is 6.54. The van der Waals surface area contributed by atoms with Crippen molar-refractivity contribution in [3.63, 3.8) is 0 Å². The maximum atomic E-state index is 13.6. The van der Waals surface area contributed by atoms with Gasteiger partial charge in [0.1, 0.15) is 11.4 Å². The smallest absolute Gasteiger partial charge is 0.369 e. The normalized spacial score (nSPS) is 17.9. The molecule has 1 aliphatic carbocycles. The third kappa shape index (κ3) is 1.72. The Bertz CT molecular complexity index is 673. The van der Waals surface area contributed by atoms with Crippen molar-refractivity contribution in [3.05, 3.63) is 21.5 Å². The molecular formula is C11H8F4IN3. The summed E-state index contributed by atoms with van der Waals surface area (Å²) in [6, 6.07) is 2.46. The first kappa shape index (κ1) is 12.9. The minimum Gasteiger partial charge on any atom is -0.369 e. The van der Waals surface area contributed by atoms with Gasteiger partial charge in [-0.1, -0.05) is 0 Å². The van der Waals surface area contributed by atoms with Gasteiger partial charge < -0.3 is 5.73 Å². The fourth-order valence-electron chi connectivity index (χ4n) is 2.29. The Kier molecular flexibility index (Phi) is 2.55. The zero-order valence-electron chi connectivity index (χ0n) is 9.43. The van der Waals surface area contributed by atoms with Gasteiger partial charge in [0.05, 0.1) is 14.6 Å². The molecule has 2 aromatic rings. The van der Waals surface area contributed by atoms with E-state index < -0.39 is 17.5 Å². The highest BCUT2D eigenvalue weighted by Gasteiger charge is 2.65. The minimum absolute atomic E-state index is 0.0558. The van der Waals surface area contributed by atoms with Crippen LogP contribution in [0.5, 0.6) is 0 Å². The molecule has 2 N–H and O–H groups in total. The molecule has 1 fully saturated rings. The molecule has 1 aromatic heterocycles. The molecule has 3 rings (SSSR count). The molecule has 0 amide bonds. The van der Waals surface area contributed by atoms with Crippen molar-refractivity contribution in [1.29, 1.82) is 0 Å². The zero-order valence-corrected chi connectivity index (χ0v) is 11.6. The largest absolute Gasteiger partial charge is 0.412 e. The average Bonchev–Trinajstić information content (AvgIpc) is 3.01. The number of nitrogen functional groups attached to an aromatic ring is 1. The number of aromatic nitrogens is 2. The number of halogens is 5. The van der Waals surface area contributed by atoms with E-state index in [0.717, 1.165) is 10.6 Å². The Morgan fingerprint density at radius 1 is 1.32 bits per heavy atom. The van der Waals surface area contributed by atoms with Crippen LogP contribution in [-0.4, -0.2) is 15.7 Å². The van der Waals surface area contributed by atoms with E-state index >= 15 is 0 Å². The molecule has 0 spiro atoms. The monoisotopic (exact) mass is 385 g/mol. The van der Waals surface area contributed by atoms with E-state index in [-0.39, 0.29) is 29.8 Å². The third-order valence-corrected chi connectivity index (χ3v) is 4.23. The van der Waals surface area contributed by atoms with Crippen LogP contribution < -0.4 is 5.73 Å². The highest BCUT2D eigenvalue weighted by Crippen LogP contribution is 2.57. The second-order valence-electron chi connectivity index (χ2n) is 4.59. The molecule has 1 aliphatic rings. The van der Waals surface area contributed by atoms with Crippen molar-refractivity contribution in [2.24, 2.45) is 0 Å².